The van der Waals surface area contributed by atoms with Crippen LogP contribution in [-0.2, 0) is 13.0 Å². The van der Waals surface area contributed by atoms with Crippen LogP contribution in [0, 0.1) is 0 Å². The van der Waals surface area contributed by atoms with Gasteiger partial charge >= 0.3 is 0 Å². The molecule has 1 heterocycles. The van der Waals surface area contributed by atoms with Gasteiger partial charge in [0.2, 0.25) is 5.82 Å². The fourth-order valence-corrected chi connectivity index (χ4v) is 1.64. The summed E-state index contributed by atoms with van der Waals surface area (Å²) >= 11 is 0. The summed E-state index contributed by atoms with van der Waals surface area (Å²) in [5.74, 6) is 0.634. The lowest BCUT2D eigenvalue weighted by molar-refractivity contribution is 0.0941. The van der Waals surface area contributed by atoms with E-state index in [1.54, 1.807) is 12.1 Å². The molecule has 6 heteroatoms. The molecule has 0 fully saturated rings. The summed E-state index contributed by atoms with van der Waals surface area (Å²) in [5, 5.41) is 9.41. The van der Waals surface area contributed by atoms with Crippen LogP contribution in [0.3, 0.4) is 0 Å². The molecule has 2 aromatic rings. The number of H-pyrrole nitrogens is 1. The first-order valence-electron chi connectivity index (χ1n) is 6.23. The number of carbonyl (C=O) groups is 1. The van der Waals surface area contributed by atoms with Crippen molar-refractivity contribution in [3.8, 4) is 0 Å². The molecule has 0 aliphatic heterocycles. The molecule has 0 saturated carbocycles. The maximum absolute atomic E-state index is 11.8. The van der Waals surface area contributed by atoms with Crippen molar-refractivity contribution >= 4 is 11.6 Å². The Hall–Kier alpha value is -2.37. The fraction of sp³-hybridized carbons (Fsp3) is 0.308. The molecular formula is C13H17N5O. The number of aromatic amines is 1. The molecule has 1 aromatic carbocycles. The lowest BCUT2D eigenvalue weighted by atomic mass is 10.2. The highest BCUT2D eigenvalue weighted by atomic mass is 16.2. The van der Waals surface area contributed by atoms with Gasteiger partial charge in [-0.15, -0.1) is 5.10 Å². The Bertz CT molecular complexity index is 546. The average Bonchev–Trinajstić information content (AvgIpc) is 2.87. The van der Waals surface area contributed by atoms with Crippen molar-refractivity contribution in [1.82, 2.24) is 20.5 Å². The van der Waals surface area contributed by atoms with Crippen LogP contribution in [0.5, 0.6) is 0 Å². The van der Waals surface area contributed by atoms with E-state index < -0.39 is 0 Å². The lowest BCUT2D eigenvalue weighted by Gasteiger charge is -2.03. The second kappa shape index (κ2) is 5.99. The third-order valence-electron chi connectivity index (χ3n) is 2.65. The second-order valence-corrected chi connectivity index (χ2v) is 4.28. The minimum atomic E-state index is -0.282. The van der Waals surface area contributed by atoms with Gasteiger partial charge in [0.1, 0.15) is 5.82 Å². The Morgan fingerprint density at radius 2 is 2.11 bits per heavy atom. The monoisotopic (exact) mass is 259 g/mol. The van der Waals surface area contributed by atoms with E-state index in [2.05, 4.69) is 20.5 Å². The van der Waals surface area contributed by atoms with Gasteiger partial charge in [0.15, 0.2) is 0 Å². The fourth-order valence-electron chi connectivity index (χ4n) is 1.64. The zero-order valence-corrected chi connectivity index (χ0v) is 10.8. The second-order valence-electron chi connectivity index (χ2n) is 4.28. The highest BCUT2D eigenvalue weighted by molar-refractivity contribution is 5.90. The molecule has 100 valence electrons. The van der Waals surface area contributed by atoms with Crippen molar-refractivity contribution < 1.29 is 4.79 Å². The smallest absolute Gasteiger partial charge is 0.291 e. The summed E-state index contributed by atoms with van der Waals surface area (Å²) in [4.78, 5) is 15.9. The molecule has 4 N–H and O–H groups in total. The van der Waals surface area contributed by atoms with Gasteiger partial charge in [0, 0.05) is 18.7 Å². The molecule has 0 aliphatic rings. The summed E-state index contributed by atoms with van der Waals surface area (Å²) in [6.45, 7) is 2.47. The van der Waals surface area contributed by atoms with Gasteiger partial charge in [-0.2, -0.15) is 0 Å². The van der Waals surface area contributed by atoms with Crippen molar-refractivity contribution in [2.45, 2.75) is 26.3 Å². The number of aromatic nitrogens is 3. The molecule has 0 spiro atoms. The molecule has 19 heavy (non-hydrogen) atoms. The number of nitrogens with zero attached hydrogens (tertiary/aromatic N) is 2. The first-order chi connectivity index (χ1) is 9.19. The Balaban J connectivity index is 1.91. The summed E-state index contributed by atoms with van der Waals surface area (Å²) in [6, 6.07) is 7.34. The van der Waals surface area contributed by atoms with E-state index in [0.717, 1.165) is 24.2 Å². The van der Waals surface area contributed by atoms with Crippen LogP contribution in [0.25, 0.3) is 0 Å². The molecular weight excluding hydrogens is 242 g/mol. The highest BCUT2D eigenvalue weighted by Crippen LogP contribution is 2.05. The van der Waals surface area contributed by atoms with Crippen LogP contribution in [-0.4, -0.2) is 21.1 Å². The largest absolute Gasteiger partial charge is 0.399 e. The van der Waals surface area contributed by atoms with Crippen molar-refractivity contribution in [3.63, 3.8) is 0 Å². The zero-order chi connectivity index (χ0) is 13.7. The topological polar surface area (TPSA) is 96.7 Å². The molecule has 0 unspecified atom stereocenters. The predicted molar refractivity (Wildman–Crippen MR) is 72.4 cm³/mol. The predicted octanol–water partition coefficient (Wildman–Crippen LogP) is 1.27. The van der Waals surface area contributed by atoms with Crippen molar-refractivity contribution in [2.24, 2.45) is 0 Å². The van der Waals surface area contributed by atoms with Gasteiger partial charge in [-0.25, -0.2) is 4.98 Å². The Morgan fingerprint density at radius 1 is 1.37 bits per heavy atom. The Kier molecular flexibility index (Phi) is 4.12. The molecule has 0 aliphatic carbocycles. The summed E-state index contributed by atoms with van der Waals surface area (Å²) in [7, 11) is 0. The van der Waals surface area contributed by atoms with Gasteiger partial charge in [0.25, 0.3) is 5.91 Å². The van der Waals surface area contributed by atoms with Crippen LogP contribution in [0.2, 0.25) is 0 Å². The first kappa shape index (κ1) is 13.1. The van der Waals surface area contributed by atoms with Gasteiger partial charge in [0.05, 0.1) is 0 Å². The third-order valence-corrected chi connectivity index (χ3v) is 2.65. The molecule has 0 bridgehead atoms. The number of benzene rings is 1. The number of anilines is 1. The number of hydrogen-bond donors (Lipinski definition) is 3. The SMILES string of the molecule is CCCc1nc(C(=O)NCc2ccc(N)cc2)n[nH]1. The summed E-state index contributed by atoms with van der Waals surface area (Å²) in [6.07, 6.45) is 1.75. The molecule has 0 radical (unpaired) electrons. The normalized spacial score (nSPS) is 10.4. The summed E-state index contributed by atoms with van der Waals surface area (Å²) < 4.78 is 0. The van der Waals surface area contributed by atoms with Crippen LogP contribution < -0.4 is 11.1 Å². The van der Waals surface area contributed by atoms with E-state index in [1.807, 2.05) is 19.1 Å². The van der Waals surface area contributed by atoms with E-state index in [-0.39, 0.29) is 11.7 Å². The van der Waals surface area contributed by atoms with Gasteiger partial charge in [-0.1, -0.05) is 19.1 Å². The summed E-state index contributed by atoms with van der Waals surface area (Å²) in [5.41, 5.74) is 7.27. The number of amides is 1. The minimum absolute atomic E-state index is 0.180. The number of hydrogen-bond acceptors (Lipinski definition) is 4. The lowest BCUT2D eigenvalue weighted by Crippen LogP contribution is -2.24. The molecule has 1 aromatic heterocycles. The van der Waals surface area contributed by atoms with Gasteiger partial charge in [-0.3, -0.25) is 9.89 Å². The van der Waals surface area contributed by atoms with Gasteiger partial charge in [-0.05, 0) is 24.1 Å². The van der Waals surface area contributed by atoms with Crippen LogP contribution in [0.4, 0.5) is 5.69 Å². The van der Waals surface area contributed by atoms with E-state index in [1.165, 1.54) is 0 Å². The maximum atomic E-state index is 11.8. The van der Waals surface area contributed by atoms with Crippen LogP contribution >= 0.6 is 0 Å². The number of carbonyl (C=O) groups excluding carboxylic acids is 1. The van der Waals surface area contributed by atoms with E-state index >= 15 is 0 Å². The van der Waals surface area contributed by atoms with E-state index in [9.17, 15) is 4.79 Å². The Labute approximate surface area is 111 Å². The molecule has 0 atom stereocenters. The number of aryl methyl sites for hydroxylation is 1. The quantitative estimate of drug-likeness (QED) is 0.704. The number of nitrogens with one attached hydrogen (secondary N) is 2. The van der Waals surface area contributed by atoms with E-state index in [0.29, 0.717) is 12.2 Å². The molecule has 2 rings (SSSR count). The number of nitrogen functional groups attached to an aromatic ring is 1. The zero-order valence-electron chi connectivity index (χ0n) is 10.8. The van der Waals surface area contributed by atoms with Crippen molar-refractivity contribution in [3.05, 3.63) is 41.5 Å². The minimum Gasteiger partial charge on any atom is -0.399 e. The Morgan fingerprint density at radius 3 is 2.79 bits per heavy atom. The number of nitrogens with two attached hydrogens (primary N) is 1. The number of rotatable bonds is 5. The van der Waals surface area contributed by atoms with Crippen LogP contribution in [0.15, 0.2) is 24.3 Å². The third kappa shape index (κ3) is 3.54. The first-order valence-corrected chi connectivity index (χ1v) is 6.23. The maximum Gasteiger partial charge on any atom is 0.291 e. The standard InChI is InChI=1S/C13H17N5O/c1-2-3-11-16-12(18-17-11)13(19)15-8-9-4-6-10(14)7-5-9/h4-7H,2-3,8,14H2,1H3,(H,15,19)(H,16,17,18). The highest BCUT2D eigenvalue weighted by Gasteiger charge is 2.11. The molecule has 0 saturated heterocycles. The molecule has 1 amide bonds. The van der Waals surface area contributed by atoms with Crippen LogP contribution in [0.1, 0.15) is 35.4 Å². The van der Waals surface area contributed by atoms with E-state index in [4.69, 9.17) is 5.73 Å². The van der Waals surface area contributed by atoms with Crippen molar-refractivity contribution in [1.29, 1.82) is 0 Å². The average molecular weight is 259 g/mol. The van der Waals surface area contributed by atoms with Crippen molar-refractivity contribution in [2.75, 3.05) is 5.73 Å². The van der Waals surface area contributed by atoms with Gasteiger partial charge < -0.3 is 11.1 Å². The molecule has 6 nitrogen and oxygen atoms in total.